The van der Waals surface area contributed by atoms with Crippen molar-refractivity contribution in [2.45, 2.75) is 12.8 Å². The van der Waals surface area contributed by atoms with Crippen LogP contribution in [0.4, 0.5) is 8.78 Å². The number of nitrogens with zero attached hydrogens (tertiary/aromatic N) is 2. The van der Waals surface area contributed by atoms with Gasteiger partial charge in [0.1, 0.15) is 0 Å². The first-order valence-corrected chi connectivity index (χ1v) is 9.73. The van der Waals surface area contributed by atoms with Crippen LogP contribution in [0.2, 0.25) is 5.02 Å². The Morgan fingerprint density at radius 2 is 1.82 bits per heavy atom. The van der Waals surface area contributed by atoms with Gasteiger partial charge in [0.15, 0.2) is 17.4 Å². The Bertz CT molecular complexity index is 1130. The summed E-state index contributed by atoms with van der Waals surface area (Å²) in [5.74, 6) is -3.32. The van der Waals surface area contributed by atoms with Gasteiger partial charge < -0.3 is 0 Å². The molecule has 0 amide bonds. The molecule has 6 nitrogen and oxygen atoms in total. The van der Waals surface area contributed by atoms with Gasteiger partial charge in [0.05, 0.1) is 21.6 Å². The lowest BCUT2D eigenvalue weighted by molar-refractivity contribution is 0.103. The second-order valence-electron chi connectivity index (χ2n) is 5.88. The summed E-state index contributed by atoms with van der Waals surface area (Å²) in [7, 11) is -2.74. The number of rotatable bonds is 7. The first-order chi connectivity index (χ1) is 13.4. The molecule has 146 valence electrons. The van der Waals surface area contributed by atoms with E-state index >= 15 is 0 Å². The van der Waals surface area contributed by atoms with Gasteiger partial charge in [0.2, 0.25) is 10.9 Å². The van der Waals surface area contributed by atoms with Gasteiger partial charge >= 0.3 is 0 Å². The van der Waals surface area contributed by atoms with E-state index in [9.17, 15) is 22.0 Å². The Hall–Kier alpha value is -2.49. The normalized spacial score (nSPS) is 11.3. The second kappa shape index (κ2) is 8.68. The molecule has 0 aliphatic heterocycles. The third kappa shape index (κ3) is 4.32. The van der Waals surface area contributed by atoms with Crippen molar-refractivity contribution in [3.05, 3.63) is 70.0 Å². The van der Waals surface area contributed by atoms with Crippen molar-refractivity contribution in [3.63, 3.8) is 0 Å². The molecule has 0 bridgehead atoms. The first kappa shape index (κ1) is 20.2. The average Bonchev–Trinajstić information content (AvgIpc) is 2.68. The van der Waals surface area contributed by atoms with Crippen molar-refractivity contribution >= 4 is 39.3 Å². The molecule has 1 N–H and O–H groups in total. The number of carbonyl (C=O) groups excluding carboxylic acids is 1. The van der Waals surface area contributed by atoms with E-state index in [1.807, 2.05) is 0 Å². The number of ketones is 1. The number of thiol groups is 1. The van der Waals surface area contributed by atoms with Gasteiger partial charge in [-0.05, 0) is 42.7 Å². The van der Waals surface area contributed by atoms with E-state index in [1.54, 1.807) is 6.07 Å². The minimum absolute atomic E-state index is 0.0929. The molecular formula is C18H14ClF2N3O3S. The summed E-state index contributed by atoms with van der Waals surface area (Å²) in [6.07, 6.45) is 3.41. The topological polar surface area (TPSA) is 89.0 Å². The molecule has 10 heteroatoms. The number of carbonyl (C=O) groups is 1. The molecule has 0 fully saturated rings. The predicted octanol–water partition coefficient (Wildman–Crippen LogP) is 2.84. The van der Waals surface area contributed by atoms with E-state index in [0.717, 1.165) is 6.07 Å². The number of aryl methyl sites for hydroxylation is 1. The van der Waals surface area contributed by atoms with Crippen LogP contribution >= 0.6 is 11.6 Å². The van der Waals surface area contributed by atoms with Gasteiger partial charge in [-0.25, -0.2) is 21.9 Å². The molecule has 0 aliphatic rings. The molecule has 3 rings (SSSR count). The standard InChI is InChI=1S/C18H14ClF2N3O3S/c19-16-10(2-1-5-24-28(26)27)8-12(20)17(21)15(16)18(25)11-3-4-13-14(9-11)23-7-6-22-13/h3-4,6-9,28H,1-2,5H2,(H,24,26,27). The maximum atomic E-state index is 14.4. The highest BCUT2D eigenvalue weighted by Gasteiger charge is 2.24. The number of aromatic nitrogens is 2. The molecule has 0 aliphatic carbocycles. The molecule has 0 spiro atoms. The number of hydrogen-bond acceptors (Lipinski definition) is 5. The molecule has 0 atom stereocenters. The minimum atomic E-state index is -2.74. The van der Waals surface area contributed by atoms with E-state index in [-0.39, 0.29) is 29.1 Å². The summed E-state index contributed by atoms with van der Waals surface area (Å²) in [5.41, 5.74) is 0.722. The molecule has 0 unspecified atom stereocenters. The van der Waals surface area contributed by atoms with Gasteiger partial charge in [0.25, 0.3) is 0 Å². The lowest BCUT2D eigenvalue weighted by atomic mass is 9.98. The Labute approximate surface area is 165 Å². The van der Waals surface area contributed by atoms with Crippen molar-refractivity contribution < 1.29 is 22.0 Å². The zero-order chi connectivity index (χ0) is 20.3. The smallest absolute Gasteiger partial charge is 0.201 e. The van der Waals surface area contributed by atoms with Crippen LogP contribution in [0.25, 0.3) is 11.0 Å². The van der Waals surface area contributed by atoms with Crippen LogP contribution in [-0.4, -0.2) is 30.7 Å². The molecular weight excluding hydrogens is 412 g/mol. The van der Waals surface area contributed by atoms with Crippen LogP contribution in [0.1, 0.15) is 27.9 Å². The fourth-order valence-electron chi connectivity index (χ4n) is 2.74. The van der Waals surface area contributed by atoms with Crippen molar-refractivity contribution in [1.82, 2.24) is 14.7 Å². The number of benzene rings is 2. The Balaban J connectivity index is 1.95. The summed E-state index contributed by atoms with van der Waals surface area (Å²) in [5, 5.41) is -0.199. The van der Waals surface area contributed by atoms with E-state index < -0.39 is 33.9 Å². The summed E-state index contributed by atoms with van der Waals surface area (Å²) in [4.78, 5) is 21.0. The molecule has 2 aromatic carbocycles. The van der Waals surface area contributed by atoms with Crippen LogP contribution in [0.3, 0.4) is 0 Å². The zero-order valence-corrected chi connectivity index (χ0v) is 15.9. The number of halogens is 3. The lowest BCUT2D eigenvalue weighted by Crippen LogP contribution is -2.14. The maximum Gasteiger partial charge on any atom is 0.201 e. The highest BCUT2D eigenvalue weighted by Crippen LogP contribution is 2.30. The van der Waals surface area contributed by atoms with Crippen molar-refractivity contribution in [2.24, 2.45) is 0 Å². The van der Waals surface area contributed by atoms with Gasteiger partial charge in [-0.1, -0.05) is 11.6 Å². The average molecular weight is 426 g/mol. The van der Waals surface area contributed by atoms with Gasteiger partial charge in [0, 0.05) is 24.5 Å². The third-order valence-corrected chi connectivity index (χ3v) is 4.97. The fourth-order valence-corrected chi connectivity index (χ4v) is 3.39. The van der Waals surface area contributed by atoms with Gasteiger partial charge in [-0.3, -0.25) is 14.8 Å². The number of hydrogen-bond donors (Lipinski definition) is 2. The van der Waals surface area contributed by atoms with Crippen LogP contribution in [0, 0.1) is 11.6 Å². The largest absolute Gasteiger partial charge is 0.288 e. The van der Waals surface area contributed by atoms with Gasteiger partial charge in [-0.2, -0.15) is 0 Å². The van der Waals surface area contributed by atoms with E-state index in [0.29, 0.717) is 17.5 Å². The maximum absolute atomic E-state index is 14.4. The number of fused-ring (bicyclic) bond motifs is 1. The predicted molar refractivity (Wildman–Crippen MR) is 101 cm³/mol. The highest BCUT2D eigenvalue weighted by molar-refractivity contribution is 7.70. The Kier molecular flexibility index (Phi) is 6.28. The first-order valence-electron chi connectivity index (χ1n) is 8.18. The quantitative estimate of drug-likeness (QED) is 0.263. The van der Waals surface area contributed by atoms with Crippen LogP contribution in [-0.2, 0) is 17.3 Å². The molecule has 1 heterocycles. The highest BCUT2D eigenvalue weighted by atomic mass is 35.5. The third-order valence-electron chi connectivity index (χ3n) is 4.05. The van der Waals surface area contributed by atoms with Crippen molar-refractivity contribution in [2.75, 3.05) is 6.54 Å². The van der Waals surface area contributed by atoms with E-state index in [4.69, 9.17) is 11.6 Å². The monoisotopic (exact) mass is 425 g/mol. The molecule has 0 radical (unpaired) electrons. The SMILES string of the molecule is O=C(c1ccc2nccnc2c1)c1c(F)c(F)cc(CCCN[SH](=O)=O)c1Cl. The second-order valence-corrected chi connectivity index (χ2v) is 7.09. The van der Waals surface area contributed by atoms with Crippen molar-refractivity contribution in [1.29, 1.82) is 0 Å². The van der Waals surface area contributed by atoms with E-state index in [2.05, 4.69) is 14.7 Å². The summed E-state index contributed by atoms with van der Waals surface area (Å²) in [6.45, 7) is 0.112. The van der Waals surface area contributed by atoms with Crippen LogP contribution < -0.4 is 4.72 Å². The molecule has 28 heavy (non-hydrogen) atoms. The Morgan fingerprint density at radius 1 is 1.11 bits per heavy atom. The molecule has 0 saturated heterocycles. The molecule has 3 aromatic rings. The van der Waals surface area contributed by atoms with E-state index in [1.165, 1.54) is 24.5 Å². The summed E-state index contributed by atoms with van der Waals surface area (Å²) < 4.78 is 51.7. The van der Waals surface area contributed by atoms with Crippen LogP contribution in [0.5, 0.6) is 0 Å². The fraction of sp³-hybridized carbons (Fsp3) is 0.167. The summed E-state index contributed by atoms with van der Waals surface area (Å²) >= 11 is 6.20. The number of nitrogens with one attached hydrogen (secondary N) is 1. The zero-order valence-electron chi connectivity index (χ0n) is 14.3. The van der Waals surface area contributed by atoms with Crippen molar-refractivity contribution in [3.8, 4) is 0 Å². The molecule has 1 aromatic heterocycles. The van der Waals surface area contributed by atoms with Gasteiger partial charge in [-0.15, -0.1) is 0 Å². The summed E-state index contributed by atoms with van der Waals surface area (Å²) in [6, 6.07) is 5.34. The minimum Gasteiger partial charge on any atom is -0.288 e. The lowest BCUT2D eigenvalue weighted by Gasteiger charge is -2.12. The van der Waals surface area contributed by atoms with Crippen LogP contribution in [0.15, 0.2) is 36.7 Å². The Morgan fingerprint density at radius 3 is 2.54 bits per heavy atom. The molecule has 0 saturated carbocycles.